The molecule has 0 bridgehead atoms. The van der Waals surface area contributed by atoms with Gasteiger partial charge in [-0.15, -0.1) is 0 Å². The summed E-state index contributed by atoms with van der Waals surface area (Å²) in [6.45, 7) is 4.26. The van der Waals surface area contributed by atoms with Gasteiger partial charge >= 0.3 is 0 Å². The highest BCUT2D eigenvalue weighted by atomic mass is 16.3. The summed E-state index contributed by atoms with van der Waals surface area (Å²) >= 11 is 0. The van der Waals surface area contributed by atoms with Crippen molar-refractivity contribution in [2.24, 2.45) is 0 Å². The Morgan fingerprint density at radius 3 is 1.84 bits per heavy atom. The first kappa shape index (κ1) is 29.3. The molecule has 7 aromatic carbocycles. The van der Waals surface area contributed by atoms with Crippen LogP contribution in [0.2, 0.25) is 0 Å². The largest absolute Gasteiger partial charge is 0.464 e. The van der Waals surface area contributed by atoms with Crippen molar-refractivity contribution in [1.29, 1.82) is 0 Å². The number of fused-ring (bicyclic) bond motifs is 5. The van der Waals surface area contributed by atoms with Crippen LogP contribution in [0.4, 0.5) is 0 Å². The molecule has 0 aliphatic heterocycles. The summed E-state index contributed by atoms with van der Waals surface area (Å²) in [6, 6.07) is 53.5. The first-order valence-electron chi connectivity index (χ1n) is 17.3. The van der Waals surface area contributed by atoms with Gasteiger partial charge in [0.15, 0.2) is 0 Å². The number of aromatic nitrogens is 2. The van der Waals surface area contributed by atoms with Crippen molar-refractivity contribution in [3.05, 3.63) is 169 Å². The van der Waals surface area contributed by atoms with Crippen molar-refractivity contribution in [3.63, 3.8) is 0 Å². The molecule has 0 spiro atoms. The Labute approximate surface area is 294 Å². The van der Waals surface area contributed by atoms with E-state index in [-0.39, 0.29) is 0 Å². The normalized spacial score (nSPS) is 11.7. The second-order valence-electron chi connectivity index (χ2n) is 13.4. The predicted molar refractivity (Wildman–Crippen MR) is 209 cm³/mol. The number of para-hydroxylation sites is 2. The smallest absolute Gasteiger partial charge is 0.149 e. The van der Waals surface area contributed by atoms with E-state index in [4.69, 9.17) is 13.8 Å². The number of imidazole rings is 1. The SMILES string of the molecule is Cc1cc(-c2ccccc2)c(-n2c(-c3coc4ccc(-c5ccc6oc7cc(C)ccc7c6c5)cc34)nc3ccccc32)c(-c2ccccc2)c1. The van der Waals surface area contributed by atoms with Gasteiger partial charge in [0.25, 0.3) is 0 Å². The van der Waals surface area contributed by atoms with Crippen molar-refractivity contribution >= 4 is 43.9 Å². The third-order valence-electron chi connectivity index (χ3n) is 9.98. The highest BCUT2D eigenvalue weighted by molar-refractivity contribution is 6.07. The zero-order chi connectivity index (χ0) is 34.1. The van der Waals surface area contributed by atoms with Gasteiger partial charge in [-0.05, 0) is 102 Å². The second-order valence-corrected chi connectivity index (χ2v) is 13.4. The van der Waals surface area contributed by atoms with Crippen LogP contribution in [0.5, 0.6) is 0 Å². The van der Waals surface area contributed by atoms with Crippen LogP contribution in [0.1, 0.15) is 11.1 Å². The number of hydrogen-bond acceptors (Lipinski definition) is 3. The lowest BCUT2D eigenvalue weighted by Crippen LogP contribution is -2.03. The van der Waals surface area contributed by atoms with Gasteiger partial charge in [-0.2, -0.15) is 0 Å². The number of rotatable bonds is 5. The summed E-state index contributed by atoms with van der Waals surface area (Å²) in [6.07, 6.45) is 1.86. The highest BCUT2D eigenvalue weighted by Crippen LogP contribution is 2.43. The minimum atomic E-state index is 0.813. The van der Waals surface area contributed by atoms with E-state index in [1.165, 1.54) is 11.1 Å². The van der Waals surface area contributed by atoms with E-state index >= 15 is 0 Å². The van der Waals surface area contributed by atoms with E-state index < -0.39 is 0 Å². The number of nitrogens with zero attached hydrogens (tertiary/aromatic N) is 2. The lowest BCUT2D eigenvalue weighted by molar-refractivity contribution is 0.616. The van der Waals surface area contributed by atoms with Crippen molar-refractivity contribution in [2.75, 3.05) is 0 Å². The Bertz CT molecular complexity index is 2870. The third-order valence-corrected chi connectivity index (χ3v) is 9.98. The van der Waals surface area contributed by atoms with E-state index in [1.807, 2.05) is 6.26 Å². The molecule has 0 saturated carbocycles. The Morgan fingerprint density at radius 1 is 0.471 bits per heavy atom. The fourth-order valence-electron chi connectivity index (χ4n) is 7.57. The molecule has 10 rings (SSSR count). The van der Waals surface area contributed by atoms with Crippen molar-refractivity contribution < 1.29 is 8.83 Å². The lowest BCUT2D eigenvalue weighted by atomic mass is 9.93. The summed E-state index contributed by atoms with van der Waals surface area (Å²) in [5.41, 5.74) is 15.8. The quantitative estimate of drug-likeness (QED) is 0.185. The van der Waals surface area contributed by atoms with Crippen LogP contribution >= 0.6 is 0 Å². The van der Waals surface area contributed by atoms with Crippen molar-refractivity contribution in [3.8, 4) is 50.5 Å². The Balaban J connectivity index is 1.23. The van der Waals surface area contributed by atoms with E-state index in [2.05, 4.69) is 170 Å². The second kappa shape index (κ2) is 11.5. The number of furan rings is 2. The highest BCUT2D eigenvalue weighted by Gasteiger charge is 2.24. The van der Waals surface area contributed by atoms with Gasteiger partial charge in [0.1, 0.15) is 28.8 Å². The topological polar surface area (TPSA) is 44.1 Å². The van der Waals surface area contributed by atoms with Gasteiger partial charge in [0.2, 0.25) is 0 Å². The van der Waals surface area contributed by atoms with Gasteiger partial charge in [-0.25, -0.2) is 4.98 Å². The molecule has 4 nitrogen and oxygen atoms in total. The predicted octanol–water partition coefficient (Wildman–Crippen LogP) is 13.0. The first-order chi connectivity index (χ1) is 25.1. The van der Waals surface area contributed by atoms with Crippen LogP contribution in [0.15, 0.2) is 167 Å². The molecule has 0 saturated heterocycles. The molecule has 0 aliphatic rings. The van der Waals surface area contributed by atoms with Crippen molar-refractivity contribution in [2.45, 2.75) is 13.8 Å². The third kappa shape index (κ3) is 4.79. The summed E-state index contributed by atoms with van der Waals surface area (Å²) in [4.78, 5) is 5.34. The van der Waals surface area contributed by atoms with E-state index in [0.717, 1.165) is 94.4 Å². The Hall–Kier alpha value is -6.65. The first-order valence-corrected chi connectivity index (χ1v) is 17.3. The lowest BCUT2D eigenvalue weighted by Gasteiger charge is -2.20. The van der Waals surface area contributed by atoms with Crippen LogP contribution in [-0.2, 0) is 0 Å². The maximum atomic E-state index is 6.29. The van der Waals surface area contributed by atoms with Gasteiger partial charge in [0, 0.05) is 27.3 Å². The van der Waals surface area contributed by atoms with Gasteiger partial charge in [-0.3, -0.25) is 4.57 Å². The molecular weight excluding hydrogens is 625 g/mol. The van der Waals surface area contributed by atoms with Gasteiger partial charge in [-0.1, -0.05) is 97.1 Å². The van der Waals surface area contributed by atoms with Crippen LogP contribution < -0.4 is 0 Å². The molecule has 4 heteroatoms. The fraction of sp³-hybridized carbons (Fsp3) is 0.0426. The number of aryl methyl sites for hydroxylation is 2. The number of hydrogen-bond donors (Lipinski definition) is 0. The molecule has 0 fully saturated rings. The fourth-order valence-corrected chi connectivity index (χ4v) is 7.57. The van der Waals surface area contributed by atoms with Crippen LogP contribution in [-0.4, -0.2) is 9.55 Å². The van der Waals surface area contributed by atoms with E-state index in [9.17, 15) is 0 Å². The molecule has 3 aromatic heterocycles. The Kier molecular flexibility index (Phi) is 6.58. The minimum Gasteiger partial charge on any atom is -0.464 e. The molecule has 0 aliphatic carbocycles. The van der Waals surface area contributed by atoms with Crippen molar-refractivity contribution in [1.82, 2.24) is 9.55 Å². The molecule has 0 N–H and O–H groups in total. The van der Waals surface area contributed by atoms with E-state index in [1.54, 1.807) is 0 Å². The zero-order valence-electron chi connectivity index (χ0n) is 28.2. The van der Waals surface area contributed by atoms with E-state index in [0.29, 0.717) is 0 Å². The van der Waals surface area contributed by atoms with Crippen LogP contribution in [0.25, 0.3) is 94.4 Å². The van der Waals surface area contributed by atoms with Crippen LogP contribution in [0, 0.1) is 13.8 Å². The maximum absolute atomic E-state index is 6.29. The summed E-state index contributed by atoms with van der Waals surface area (Å²) < 4.78 is 14.8. The molecule has 0 radical (unpaired) electrons. The van der Waals surface area contributed by atoms with Gasteiger partial charge in [0.05, 0.1) is 22.3 Å². The molecule has 51 heavy (non-hydrogen) atoms. The summed E-state index contributed by atoms with van der Waals surface area (Å²) in [7, 11) is 0. The molecule has 0 amide bonds. The molecular formula is C47H32N2O2. The summed E-state index contributed by atoms with van der Waals surface area (Å²) in [5, 5.41) is 3.24. The average Bonchev–Trinajstić information content (AvgIpc) is 3.87. The average molecular weight is 657 g/mol. The molecule has 10 aromatic rings. The molecule has 3 heterocycles. The zero-order valence-corrected chi connectivity index (χ0v) is 28.2. The molecule has 0 atom stereocenters. The number of benzene rings is 7. The standard InChI is InChI=1S/C47H32N2O2/c1-29-17-20-35-38-26-34(19-22-44(38)51-45(35)25-29)33-18-21-43-39(27-33)40(28-50-43)47-48-41-15-9-10-16-42(41)49(47)46-36(31-11-5-3-6-12-31)23-30(2)24-37(46)32-13-7-4-8-14-32/h3-28H,1-2H3. The minimum absolute atomic E-state index is 0.813. The molecule has 0 unspecified atom stereocenters. The monoisotopic (exact) mass is 656 g/mol. The molecule has 242 valence electrons. The van der Waals surface area contributed by atoms with Gasteiger partial charge < -0.3 is 8.83 Å². The maximum Gasteiger partial charge on any atom is 0.149 e. The Morgan fingerprint density at radius 2 is 1.12 bits per heavy atom. The van der Waals surface area contributed by atoms with Crippen LogP contribution in [0.3, 0.4) is 0 Å². The summed E-state index contributed by atoms with van der Waals surface area (Å²) in [5.74, 6) is 0.831.